The highest BCUT2D eigenvalue weighted by atomic mass is 35.5. The number of hydrogen-bond acceptors (Lipinski definition) is 5. The van der Waals surface area contributed by atoms with Crippen LogP contribution in [0.4, 0.5) is 0 Å². The molecule has 0 radical (unpaired) electrons. The van der Waals surface area contributed by atoms with E-state index in [1.165, 1.54) is 17.6 Å². The summed E-state index contributed by atoms with van der Waals surface area (Å²) in [7, 11) is -2.90. The SMILES string of the molecule is CS(=O)(=O)CCCC(NN)c1ccc(Cl)s1. The molecule has 1 aromatic rings. The Kier molecular flexibility index (Phi) is 5.20. The highest BCUT2D eigenvalue weighted by Gasteiger charge is 2.13. The monoisotopic (exact) mass is 282 g/mol. The predicted molar refractivity (Wildman–Crippen MR) is 68.3 cm³/mol. The summed E-state index contributed by atoms with van der Waals surface area (Å²) >= 11 is 7.27. The van der Waals surface area contributed by atoms with Crippen LogP contribution in [0.2, 0.25) is 4.34 Å². The highest BCUT2D eigenvalue weighted by molar-refractivity contribution is 7.90. The lowest BCUT2D eigenvalue weighted by atomic mass is 10.1. The Morgan fingerprint density at radius 2 is 2.25 bits per heavy atom. The van der Waals surface area contributed by atoms with Gasteiger partial charge in [-0.2, -0.15) is 0 Å². The van der Waals surface area contributed by atoms with Crippen molar-refractivity contribution in [2.24, 2.45) is 5.84 Å². The summed E-state index contributed by atoms with van der Waals surface area (Å²) in [6.07, 6.45) is 2.50. The predicted octanol–water partition coefficient (Wildman–Crippen LogP) is 1.73. The second kappa shape index (κ2) is 5.97. The number of halogens is 1. The van der Waals surface area contributed by atoms with E-state index >= 15 is 0 Å². The summed E-state index contributed by atoms with van der Waals surface area (Å²) in [5.41, 5.74) is 2.67. The van der Waals surface area contributed by atoms with Crippen molar-refractivity contribution in [3.05, 3.63) is 21.3 Å². The molecule has 4 nitrogen and oxygen atoms in total. The lowest BCUT2D eigenvalue weighted by Gasteiger charge is -2.13. The van der Waals surface area contributed by atoms with Crippen molar-refractivity contribution in [2.45, 2.75) is 18.9 Å². The number of hydrazine groups is 1. The van der Waals surface area contributed by atoms with E-state index < -0.39 is 9.84 Å². The van der Waals surface area contributed by atoms with E-state index in [2.05, 4.69) is 5.43 Å². The number of sulfone groups is 1. The molecule has 1 aromatic heterocycles. The Morgan fingerprint density at radius 1 is 1.56 bits per heavy atom. The number of rotatable bonds is 6. The van der Waals surface area contributed by atoms with Crippen LogP contribution in [-0.2, 0) is 9.84 Å². The summed E-state index contributed by atoms with van der Waals surface area (Å²) in [5, 5.41) is 0. The van der Waals surface area contributed by atoms with Gasteiger partial charge in [-0.25, -0.2) is 8.42 Å². The summed E-state index contributed by atoms with van der Waals surface area (Å²) in [4.78, 5) is 1.03. The fourth-order valence-corrected chi connectivity index (χ4v) is 3.22. The normalized spacial score (nSPS) is 13.9. The van der Waals surface area contributed by atoms with Crippen LogP contribution < -0.4 is 11.3 Å². The molecule has 1 atom stereocenters. The van der Waals surface area contributed by atoms with Crippen molar-refractivity contribution in [1.29, 1.82) is 0 Å². The molecule has 0 aliphatic rings. The Labute approximate surface area is 105 Å². The molecule has 1 unspecified atom stereocenters. The topological polar surface area (TPSA) is 72.2 Å². The van der Waals surface area contributed by atoms with E-state index in [1.807, 2.05) is 12.1 Å². The molecule has 0 aromatic carbocycles. The van der Waals surface area contributed by atoms with Crippen LogP contribution in [0.3, 0.4) is 0 Å². The van der Waals surface area contributed by atoms with E-state index in [4.69, 9.17) is 17.4 Å². The van der Waals surface area contributed by atoms with Gasteiger partial charge in [-0.15, -0.1) is 11.3 Å². The Morgan fingerprint density at radius 3 is 2.69 bits per heavy atom. The van der Waals surface area contributed by atoms with E-state index in [0.717, 1.165) is 4.88 Å². The molecule has 1 heterocycles. The van der Waals surface area contributed by atoms with Gasteiger partial charge in [0, 0.05) is 16.9 Å². The molecule has 0 amide bonds. The van der Waals surface area contributed by atoms with Gasteiger partial charge in [0.15, 0.2) is 0 Å². The first-order valence-electron chi connectivity index (χ1n) is 4.81. The minimum atomic E-state index is -2.90. The molecule has 7 heteroatoms. The third-order valence-electron chi connectivity index (χ3n) is 2.15. The second-order valence-corrected chi connectivity index (χ2v) is 7.64. The second-order valence-electron chi connectivity index (χ2n) is 3.63. The molecule has 0 fully saturated rings. The summed E-state index contributed by atoms with van der Waals surface area (Å²) < 4.78 is 22.6. The fourth-order valence-electron chi connectivity index (χ4n) is 1.37. The average molecular weight is 283 g/mol. The lowest BCUT2D eigenvalue weighted by molar-refractivity contribution is 0.515. The smallest absolute Gasteiger partial charge is 0.147 e. The Hall–Kier alpha value is -0.140. The van der Waals surface area contributed by atoms with Crippen molar-refractivity contribution in [2.75, 3.05) is 12.0 Å². The largest absolute Gasteiger partial charge is 0.271 e. The van der Waals surface area contributed by atoms with Crippen molar-refractivity contribution >= 4 is 32.8 Å². The molecule has 16 heavy (non-hydrogen) atoms. The van der Waals surface area contributed by atoms with Crippen LogP contribution in [0.1, 0.15) is 23.8 Å². The number of hydrogen-bond donors (Lipinski definition) is 2. The molecule has 0 saturated carbocycles. The molecular formula is C9H15ClN2O2S2. The molecule has 3 N–H and O–H groups in total. The van der Waals surface area contributed by atoms with Crippen molar-refractivity contribution in [3.63, 3.8) is 0 Å². The van der Waals surface area contributed by atoms with Gasteiger partial charge in [0.1, 0.15) is 9.84 Å². The molecule has 0 bridgehead atoms. The van der Waals surface area contributed by atoms with E-state index in [0.29, 0.717) is 17.2 Å². The van der Waals surface area contributed by atoms with Crippen LogP contribution in [0.15, 0.2) is 12.1 Å². The summed E-state index contributed by atoms with van der Waals surface area (Å²) in [6, 6.07) is 3.68. The van der Waals surface area contributed by atoms with Gasteiger partial charge in [-0.3, -0.25) is 11.3 Å². The van der Waals surface area contributed by atoms with Gasteiger partial charge in [0.05, 0.1) is 10.4 Å². The fraction of sp³-hybridized carbons (Fsp3) is 0.556. The van der Waals surface area contributed by atoms with Gasteiger partial charge < -0.3 is 0 Å². The van der Waals surface area contributed by atoms with Crippen LogP contribution in [0, 0.1) is 0 Å². The molecular weight excluding hydrogens is 268 g/mol. The lowest BCUT2D eigenvalue weighted by Crippen LogP contribution is -2.27. The van der Waals surface area contributed by atoms with Crippen LogP contribution >= 0.6 is 22.9 Å². The Balaban J connectivity index is 2.50. The van der Waals surface area contributed by atoms with Gasteiger partial charge in [0.25, 0.3) is 0 Å². The highest BCUT2D eigenvalue weighted by Crippen LogP contribution is 2.28. The third kappa shape index (κ3) is 4.80. The van der Waals surface area contributed by atoms with Gasteiger partial charge in [-0.1, -0.05) is 11.6 Å². The number of thiophene rings is 1. The maximum absolute atomic E-state index is 11.0. The Bertz CT molecular complexity index is 430. The van der Waals surface area contributed by atoms with Gasteiger partial charge >= 0.3 is 0 Å². The van der Waals surface area contributed by atoms with Crippen LogP contribution in [0.5, 0.6) is 0 Å². The minimum absolute atomic E-state index is 0.0285. The molecule has 0 aliphatic carbocycles. The van der Waals surface area contributed by atoms with E-state index in [-0.39, 0.29) is 11.8 Å². The molecule has 0 saturated heterocycles. The maximum atomic E-state index is 11.0. The number of nitrogens with two attached hydrogens (primary N) is 1. The van der Waals surface area contributed by atoms with Gasteiger partial charge in [0.2, 0.25) is 0 Å². The molecule has 0 spiro atoms. The maximum Gasteiger partial charge on any atom is 0.147 e. The standard InChI is InChI=1S/C9H15ClN2O2S2/c1-16(13,14)6-2-3-7(12-11)8-4-5-9(10)15-8/h4-5,7,12H,2-3,6,11H2,1H3. The zero-order chi connectivity index (χ0) is 12.2. The summed E-state index contributed by atoms with van der Waals surface area (Å²) in [5.74, 6) is 5.61. The first-order chi connectivity index (χ1) is 7.42. The average Bonchev–Trinajstić information content (AvgIpc) is 2.58. The van der Waals surface area contributed by atoms with Crippen molar-refractivity contribution in [1.82, 2.24) is 5.43 Å². The zero-order valence-corrected chi connectivity index (χ0v) is 11.3. The van der Waals surface area contributed by atoms with E-state index in [9.17, 15) is 8.42 Å². The van der Waals surface area contributed by atoms with Crippen molar-refractivity contribution < 1.29 is 8.42 Å². The quantitative estimate of drug-likeness (QED) is 0.616. The first-order valence-corrected chi connectivity index (χ1v) is 8.07. The third-order valence-corrected chi connectivity index (χ3v) is 4.52. The first kappa shape index (κ1) is 13.9. The molecule has 92 valence electrons. The minimum Gasteiger partial charge on any atom is -0.271 e. The van der Waals surface area contributed by atoms with E-state index in [1.54, 1.807) is 0 Å². The van der Waals surface area contributed by atoms with Crippen molar-refractivity contribution in [3.8, 4) is 0 Å². The van der Waals surface area contributed by atoms with Gasteiger partial charge in [-0.05, 0) is 25.0 Å². The van der Waals surface area contributed by atoms with Crippen LogP contribution in [-0.4, -0.2) is 20.4 Å². The molecule has 1 rings (SSSR count). The molecule has 0 aliphatic heterocycles. The number of nitrogens with one attached hydrogen (secondary N) is 1. The zero-order valence-electron chi connectivity index (χ0n) is 8.94. The summed E-state index contributed by atoms with van der Waals surface area (Å²) in [6.45, 7) is 0. The van der Waals surface area contributed by atoms with Crippen LogP contribution in [0.25, 0.3) is 0 Å².